The summed E-state index contributed by atoms with van der Waals surface area (Å²) in [6, 6.07) is 4.00. The molecule has 0 atom stereocenters. The van der Waals surface area contributed by atoms with Crippen LogP contribution >= 0.6 is 0 Å². The van der Waals surface area contributed by atoms with Crippen LogP contribution in [0.2, 0.25) is 0 Å². The lowest BCUT2D eigenvalue weighted by Gasteiger charge is -2.11. The number of nitrogens with zero attached hydrogens (tertiary/aromatic N) is 3. The highest BCUT2D eigenvalue weighted by molar-refractivity contribution is 6.42. The van der Waals surface area contributed by atoms with E-state index in [0.717, 1.165) is 46.9 Å². The first-order valence-corrected chi connectivity index (χ1v) is 6.02. The van der Waals surface area contributed by atoms with Gasteiger partial charge in [0.05, 0.1) is 23.3 Å². The summed E-state index contributed by atoms with van der Waals surface area (Å²) in [5, 5.41) is 6.49. The van der Waals surface area contributed by atoms with Gasteiger partial charge in [-0.25, -0.2) is 0 Å². The van der Waals surface area contributed by atoms with Crippen molar-refractivity contribution in [2.24, 2.45) is 4.99 Å². The van der Waals surface area contributed by atoms with E-state index >= 15 is 0 Å². The minimum absolute atomic E-state index is 0.827. The van der Waals surface area contributed by atoms with Gasteiger partial charge < -0.3 is 10.6 Å². The lowest BCUT2D eigenvalue weighted by Crippen LogP contribution is -2.29. The lowest BCUT2D eigenvalue weighted by atomic mass is 9.92. The van der Waals surface area contributed by atoms with E-state index < -0.39 is 0 Å². The Morgan fingerprint density at radius 1 is 1.39 bits per heavy atom. The SMILES string of the molecule is Bc1c(NC2=NCCN2)ccc2ncc(C)nc12. The van der Waals surface area contributed by atoms with Crippen molar-refractivity contribution in [3.8, 4) is 0 Å². The van der Waals surface area contributed by atoms with Crippen molar-refractivity contribution in [1.82, 2.24) is 15.3 Å². The molecule has 1 aromatic heterocycles. The van der Waals surface area contributed by atoms with Crippen LogP contribution in [0.1, 0.15) is 5.69 Å². The number of aliphatic imine (C=N–C) groups is 1. The summed E-state index contributed by atoms with van der Waals surface area (Å²) in [6.45, 7) is 3.68. The van der Waals surface area contributed by atoms with Crippen molar-refractivity contribution >= 4 is 36.0 Å². The molecule has 2 N–H and O–H groups in total. The third-order valence-corrected chi connectivity index (χ3v) is 3.02. The second-order valence-corrected chi connectivity index (χ2v) is 4.40. The molecule has 1 aromatic carbocycles. The van der Waals surface area contributed by atoms with Crippen LogP contribution in [0.3, 0.4) is 0 Å². The topological polar surface area (TPSA) is 62.2 Å². The first-order valence-electron chi connectivity index (χ1n) is 6.02. The van der Waals surface area contributed by atoms with Crippen molar-refractivity contribution in [2.75, 3.05) is 18.4 Å². The quantitative estimate of drug-likeness (QED) is 0.663. The average molecular weight is 239 g/mol. The first-order chi connectivity index (χ1) is 8.74. The first kappa shape index (κ1) is 11.0. The van der Waals surface area contributed by atoms with E-state index in [4.69, 9.17) is 0 Å². The summed E-state index contributed by atoms with van der Waals surface area (Å²) < 4.78 is 0. The molecule has 0 unspecified atom stereocenters. The van der Waals surface area contributed by atoms with Crippen LogP contribution in [0.15, 0.2) is 23.3 Å². The number of nitrogens with one attached hydrogen (secondary N) is 2. The number of anilines is 1. The number of benzene rings is 1. The van der Waals surface area contributed by atoms with Crippen molar-refractivity contribution in [3.63, 3.8) is 0 Å². The van der Waals surface area contributed by atoms with Gasteiger partial charge in [-0.05, 0) is 24.5 Å². The number of aromatic nitrogens is 2. The molecule has 0 aliphatic carbocycles. The number of hydrogen-bond donors (Lipinski definition) is 2. The Bertz CT molecular complexity index is 638. The Kier molecular flexibility index (Phi) is 2.62. The Morgan fingerprint density at radius 3 is 3.06 bits per heavy atom. The second kappa shape index (κ2) is 4.29. The van der Waals surface area contributed by atoms with E-state index in [1.54, 1.807) is 6.20 Å². The number of fused-ring (bicyclic) bond motifs is 1. The summed E-state index contributed by atoms with van der Waals surface area (Å²) in [5.41, 5.74) is 4.92. The van der Waals surface area contributed by atoms with E-state index in [1.807, 2.05) is 26.9 Å². The highest BCUT2D eigenvalue weighted by Gasteiger charge is 2.09. The zero-order valence-corrected chi connectivity index (χ0v) is 10.5. The number of rotatable bonds is 1. The fourth-order valence-corrected chi connectivity index (χ4v) is 2.04. The largest absolute Gasteiger partial charge is 0.354 e. The molecule has 6 heteroatoms. The Morgan fingerprint density at radius 2 is 2.28 bits per heavy atom. The van der Waals surface area contributed by atoms with E-state index in [9.17, 15) is 0 Å². The van der Waals surface area contributed by atoms with E-state index in [2.05, 4.69) is 25.6 Å². The molecule has 0 saturated heterocycles. The molecule has 0 saturated carbocycles. The number of guanidine groups is 1. The van der Waals surface area contributed by atoms with Crippen LogP contribution in [0.4, 0.5) is 5.69 Å². The van der Waals surface area contributed by atoms with E-state index in [-0.39, 0.29) is 0 Å². The number of hydrogen-bond acceptors (Lipinski definition) is 5. The van der Waals surface area contributed by atoms with Gasteiger partial charge in [-0.15, -0.1) is 0 Å². The molecule has 90 valence electrons. The van der Waals surface area contributed by atoms with Gasteiger partial charge in [0, 0.05) is 18.4 Å². The van der Waals surface area contributed by atoms with E-state index in [0.29, 0.717) is 0 Å². The van der Waals surface area contributed by atoms with Crippen LogP contribution in [-0.2, 0) is 0 Å². The van der Waals surface area contributed by atoms with Gasteiger partial charge in [0.25, 0.3) is 0 Å². The van der Waals surface area contributed by atoms with Crippen LogP contribution < -0.4 is 16.1 Å². The lowest BCUT2D eigenvalue weighted by molar-refractivity contribution is 0.959. The molecular formula is C12H14BN5. The molecule has 3 rings (SSSR count). The third kappa shape index (κ3) is 1.90. The Balaban J connectivity index is 2.04. The van der Waals surface area contributed by atoms with Crippen molar-refractivity contribution in [2.45, 2.75) is 6.92 Å². The zero-order chi connectivity index (χ0) is 12.5. The average Bonchev–Trinajstić information content (AvgIpc) is 2.86. The molecule has 2 aromatic rings. The van der Waals surface area contributed by atoms with Gasteiger partial charge in [0.1, 0.15) is 7.85 Å². The van der Waals surface area contributed by atoms with Crippen LogP contribution in [0, 0.1) is 6.92 Å². The molecule has 18 heavy (non-hydrogen) atoms. The molecule has 1 aliphatic rings. The molecule has 0 bridgehead atoms. The van der Waals surface area contributed by atoms with Gasteiger partial charge in [0.2, 0.25) is 0 Å². The van der Waals surface area contributed by atoms with Crippen LogP contribution in [-0.4, -0.2) is 36.9 Å². The van der Waals surface area contributed by atoms with Crippen molar-refractivity contribution < 1.29 is 0 Å². The minimum atomic E-state index is 0.827. The van der Waals surface area contributed by atoms with Crippen molar-refractivity contribution in [3.05, 3.63) is 24.0 Å². The highest BCUT2D eigenvalue weighted by Crippen LogP contribution is 2.12. The molecule has 0 fully saturated rings. The summed E-state index contributed by atoms with van der Waals surface area (Å²) in [6.07, 6.45) is 1.79. The third-order valence-electron chi connectivity index (χ3n) is 3.02. The van der Waals surface area contributed by atoms with E-state index in [1.165, 1.54) is 0 Å². The second-order valence-electron chi connectivity index (χ2n) is 4.40. The molecule has 0 radical (unpaired) electrons. The maximum atomic E-state index is 4.55. The van der Waals surface area contributed by atoms with Crippen molar-refractivity contribution in [1.29, 1.82) is 0 Å². The molecule has 5 nitrogen and oxygen atoms in total. The zero-order valence-electron chi connectivity index (χ0n) is 10.5. The van der Waals surface area contributed by atoms with Gasteiger partial charge >= 0.3 is 0 Å². The van der Waals surface area contributed by atoms with Gasteiger partial charge in [-0.3, -0.25) is 15.0 Å². The monoisotopic (exact) mass is 239 g/mol. The highest BCUT2D eigenvalue weighted by atomic mass is 15.2. The van der Waals surface area contributed by atoms with Crippen LogP contribution in [0.25, 0.3) is 11.0 Å². The summed E-state index contributed by atoms with van der Waals surface area (Å²) >= 11 is 0. The standard InChI is InChI=1S/C12H14BN5/c1-7-6-16-9-3-2-8(10(13)11(9)17-7)18-12-14-4-5-15-12/h2-3,6H,4-5,13H2,1H3,(H2,14,15,18). The smallest absolute Gasteiger partial charge is 0.195 e. The predicted molar refractivity (Wildman–Crippen MR) is 76.4 cm³/mol. The normalized spacial score (nSPS) is 14.4. The Labute approximate surface area is 106 Å². The Hall–Kier alpha value is -2.11. The van der Waals surface area contributed by atoms with Gasteiger partial charge in [-0.2, -0.15) is 0 Å². The molecule has 0 spiro atoms. The summed E-state index contributed by atoms with van der Waals surface area (Å²) in [5.74, 6) is 0.832. The maximum Gasteiger partial charge on any atom is 0.195 e. The molecular weight excluding hydrogens is 225 g/mol. The molecule has 2 heterocycles. The number of aryl methyl sites for hydroxylation is 1. The summed E-state index contributed by atoms with van der Waals surface area (Å²) in [7, 11) is 2.05. The summed E-state index contributed by atoms with van der Waals surface area (Å²) in [4.78, 5) is 13.3. The minimum Gasteiger partial charge on any atom is -0.354 e. The van der Waals surface area contributed by atoms with Crippen LogP contribution in [0.5, 0.6) is 0 Å². The fourth-order valence-electron chi connectivity index (χ4n) is 2.04. The maximum absolute atomic E-state index is 4.55. The van der Waals surface area contributed by atoms with Gasteiger partial charge in [-0.1, -0.05) is 0 Å². The fraction of sp³-hybridized carbons (Fsp3) is 0.250. The molecule has 1 aliphatic heterocycles. The predicted octanol–water partition coefficient (Wildman–Crippen LogP) is -0.432. The van der Waals surface area contributed by atoms with Gasteiger partial charge in [0.15, 0.2) is 5.96 Å². The molecule has 0 amide bonds.